The predicted molar refractivity (Wildman–Crippen MR) is 169 cm³/mol. The first-order valence-corrected chi connectivity index (χ1v) is 15.1. The van der Waals surface area contributed by atoms with E-state index in [1.807, 2.05) is 26.0 Å². The van der Waals surface area contributed by atoms with Gasteiger partial charge in [0.15, 0.2) is 5.78 Å². The molecule has 12 heteroatoms. The number of ketones is 1. The van der Waals surface area contributed by atoms with Gasteiger partial charge in [-0.15, -0.1) is 0 Å². The summed E-state index contributed by atoms with van der Waals surface area (Å²) < 4.78 is 7.30. The summed E-state index contributed by atoms with van der Waals surface area (Å²) in [5.74, 6) is 0.882. The lowest BCUT2D eigenvalue weighted by molar-refractivity contribution is -0.138. The molecular formula is C34H32N8O4. The minimum absolute atomic E-state index is 0.0501. The molecule has 1 saturated heterocycles. The summed E-state index contributed by atoms with van der Waals surface area (Å²) in [7, 11) is 0. The van der Waals surface area contributed by atoms with Gasteiger partial charge >= 0.3 is 0 Å². The van der Waals surface area contributed by atoms with Crippen molar-refractivity contribution in [3.8, 4) is 22.9 Å². The second-order valence-electron chi connectivity index (χ2n) is 12.3. The average Bonchev–Trinajstić information content (AvgIpc) is 3.38. The third-order valence-electron chi connectivity index (χ3n) is 8.81. The summed E-state index contributed by atoms with van der Waals surface area (Å²) >= 11 is 0. The molecule has 3 atom stereocenters. The van der Waals surface area contributed by atoms with E-state index in [9.17, 15) is 14.4 Å². The van der Waals surface area contributed by atoms with Crippen LogP contribution >= 0.6 is 0 Å². The van der Waals surface area contributed by atoms with Gasteiger partial charge in [0.1, 0.15) is 29.9 Å². The quantitative estimate of drug-likeness (QED) is 0.240. The molecule has 5 aromatic rings. The Labute approximate surface area is 264 Å². The van der Waals surface area contributed by atoms with Gasteiger partial charge in [-0.1, -0.05) is 19.1 Å². The molecule has 232 valence electrons. The number of hydrogen-bond acceptors (Lipinski definition) is 9. The number of fused-ring (bicyclic) bond motifs is 2. The zero-order chi connectivity index (χ0) is 32.2. The molecule has 0 unspecified atom stereocenters. The average molecular weight is 617 g/mol. The Morgan fingerprint density at radius 2 is 1.76 bits per heavy atom. The Kier molecular flexibility index (Phi) is 7.07. The highest BCUT2D eigenvalue weighted by molar-refractivity contribution is 6.07. The van der Waals surface area contributed by atoms with E-state index < -0.39 is 6.04 Å². The van der Waals surface area contributed by atoms with E-state index in [-0.39, 0.29) is 47.2 Å². The van der Waals surface area contributed by atoms with Crippen molar-refractivity contribution in [1.29, 1.82) is 0 Å². The fourth-order valence-electron chi connectivity index (χ4n) is 6.45. The highest BCUT2D eigenvalue weighted by atomic mass is 16.5. The second-order valence-corrected chi connectivity index (χ2v) is 12.3. The van der Waals surface area contributed by atoms with E-state index in [0.717, 1.165) is 23.1 Å². The van der Waals surface area contributed by atoms with Crippen molar-refractivity contribution >= 4 is 34.3 Å². The summed E-state index contributed by atoms with van der Waals surface area (Å²) in [6.45, 7) is 7.20. The van der Waals surface area contributed by atoms with Gasteiger partial charge in [-0.05, 0) is 67.5 Å². The number of aryl methyl sites for hydroxylation is 2. The highest BCUT2D eigenvalue weighted by Crippen LogP contribution is 2.59. The molecule has 2 fully saturated rings. The van der Waals surface area contributed by atoms with Crippen LogP contribution < -0.4 is 10.1 Å². The molecule has 0 radical (unpaired) electrons. The summed E-state index contributed by atoms with van der Waals surface area (Å²) in [6, 6.07) is 13.5. The molecule has 2 amide bonds. The van der Waals surface area contributed by atoms with Crippen molar-refractivity contribution < 1.29 is 19.1 Å². The number of aromatic nitrogens is 6. The molecule has 5 heterocycles. The zero-order valence-corrected chi connectivity index (χ0v) is 25.9. The number of rotatable bonds is 8. The molecule has 0 spiro atoms. The van der Waals surface area contributed by atoms with Gasteiger partial charge in [0.2, 0.25) is 23.6 Å². The SMILES string of the molecule is CC(=O)c1nn(CC(=O)N2[C@H](C(=O)Nc3cccc(Oc4ccccn4)n3)C[C@@]3(C)C[C@@H]23)c2c(C)cc(-c3cnc(C)nc3)cc12. The maximum Gasteiger partial charge on any atom is 0.248 e. The lowest BCUT2D eigenvalue weighted by atomic mass is 10.0. The molecular weight excluding hydrogens is 584 g/mol. The molecule has 12 nitrogen and oxygen atoms in total. The van der Waals surface area contributed by atoms with E-state index >= 15 is 0 Å². The van der Waals surface area contributed by atoms with E-state index in [1.54, 1.807) is 64.6 Å². The van der Waals surface area contributed by atoms with Gasteiger partial charge in [-0.2, -0.15) is 10.1 Å². The van der Waals surface area contributed by atoms with Crippen LogP contribution in [-0.4, -0.2) is 64.3 Å². The van der Waals surface area contributed by atoms with E-state index in [1.165, 1.54) is 6.92 Å². The van der Waals surface area contributed by atoms with Crippen LogP contribution in [0.3, 0.4) is 0 Å². The topological polar surface area (TPSA) is 145 Å². The molecule has 1 aromatic carbocycles. The van der Waals surface area contributed by atoms with Crippen molar-refractivity contribution in [2.75, 3.05) is 5.32 Å². The number of nitrogens with zero attached hydrogens (tertiary/aromatic N) is 7. The molecule has 2 aliphatic rings. The number of carbonyl (C=O) groups is 3. The fourth-order valence-corrected chi connectivity index (χ4v) is 6.45. The third-order valence-corrected chi connectivity index (χ3v) is 8.81. The number of benzene rings is 1. The van der Waals surface area contributed by atoms with Crippen LogP contribution in [0.15, 0.2) is 67.1 Å². The Bertz CT molecular complexity index is 2010. The van der Waals surface area contributed by atoms with Gasteiger partial charge in [0.25, 0.3) is 0 Å². The Morgan fingerprint density at radius 3 is 2.50 bits per heavy atom. The number of ether oxygens (including phenoxy) is 1. The summed E-state index contributed by atoms with van der Waals surface area (Å²) in [4.78, 5) is 59.2. The number of Topliss-reactive ketones (excluding diaryl/α,β-unsaturated/α-hetero) is 1. The maximum absolute atomic E-state index is 14.0. The van der Waals surface area contributed by atoms with Gasteiger partial charge in [-0.3, -0.25) is 19.1 Å². The van der Waals surface area contributed by atoms with E-state index in [0.29, 0.717) is 34.8 Å². The third kappa shape index (κ3) is 5.35. The van der Waals surface area contributed by atoms with Crippen molar-refractivity contribution in [1.82, 2.24) is 34.6 Å². The maximum atomic E-state index is 14.0. The van der Waals surface area contributed by atoms with Crippen molar-refractivity contribution in [2.45, 2.75) is 59.2 Å². The molecule has 4 aromatic heterocycles. The van der Waals surface area contributed by atoms with Crippen LogP contribution in [0.2, 0.25) is 0 Å². The number of carbonyl (C=O) groups excluding carboxylic acids is 3. The van der Waals surface area contributed by atoms with Crippen LogP contribution in [0, 0.1) is 19.3 Å². The molecule has 7 rings (SSSR count). The van der Waals surface area contributed by atoms with Gasteiger partial charge in [0.05, 0.1) is 5.52 Å². The number of pyridine rings is 2. The summed E-state index contributed by atoms with van der Waals surface area (Å²) in [5.41, 5.74) is 3.37. The lowest BCUT2D eigenvalue weighted by Gasteiger charge is -2.27. The normalized spacial score (nSPS) is 20.0. The molecule has 1 N–H and O–H groups in total. The Morgan fingerprint density at radius 1 is 0.978 bits per heavy atom. The summed E-state index contributed by atoms with van der Waals surface area (Å²) in [5, 5.41) is 8.14. The smallest absolute Gasteiger partial charge is 0.248 e. The largest absolute Gasteiger partial charge is 0.421 e. The first-order chi connectivity index (χ1) is 22.1. The van der Waals surface area contributed by atoms with Crippen LogP contribution in [0.5, 0.6) is 11.8 Å². The lowest BCUT2D eigenvalue weighted by Crippen LogP contribution is -2.46. The predicted octanol–water partition coefficient (Wildman–Crippen LogP) is 4.91. The summed E-state index contributed by atoms with van der Waals surface area (Å²) in [6.07, 6.45) is 6.47. The highest BCUT2D eigenvalue weighted by Gasteiger charge is 2.64. The molecule has 0 bridgehead atoms. The van der Waals surface area contributed by atoms with E-state index in [2.05, 4.69) is 37.3 Å². The molecule has 1 aliphatic heterocycles. The molecule has 46 heavy (non-hydrogen) atoms. The van der Waals surface area contributed by atoms with Crippen molar-refractivity contribution in [3.05, 3.63) is 84.2 Å². The van der Waals surface area contributed by atoms with Crippen molar-refractivity contribution in [2.24, 2.45) is 5.41 Å². The first-order valence-electron chi connectivity index (χ1n) is 15.1. The zero-order valence-electron chi connectivity index (χ0n) is 25.9. The second kappa shape index (κ2) is 11.1. The van der Waals surface area contributed by atoms with Crippen molar-refractivity contribution in [3.63, 3.8) is 0 Å². The first kappa shape index (κ1) is 29.2. The number of hydrogen-bond donors (Lipinski definition) is 1. The molecule has 1 saturated carbocycles. The standard InChI is InChI=1S/C34H32N8O4/c1-19-12-22(23-16-36-21(3)37-17-23)13-24-31(20(2)43)40-41(32(19)24)18-30(44)42-25(14-34(4)15-26(34)42)33(45)39-27-8-7-10-29(38-27)46-28-9-5-6-11-35-28/h5-13,16-17,25-26H,14-15,18H2,1-4H3,(H,38,39,45)/t25-,26+,34-/m0/s1. The van der Waals surface area contributed by atoms with Gasteiger partial charge in [-0.25, -0.2) is 15.0 Å². The molecule has 1 aliphatic carbocycles. The van der Waals surface area contributed by atoms with E-state index in [4.69, 9.17) is 4.74 Å². The Hall–Kier alpha value is -5.52. The Balaban J connectivity index is 1.14. The van der Waals surface area contributed by atoms with Crippen LogP contribution in [0.4, 0.5) is 5.82 Å². The minimum atomic E-state index is -0.679. The number of nitrogens with one attached hydrogen (secondary N) is 1. The van der Waals surface area contributed by atoms with Crippen LogP contribution in [-0.2, 0) is 16.1 Å². The van der Waals surface area contributed by atoms with Crippen LogP contribution in [0.1, 0.15) is 48.6 Å². The van der Waals surface area contributed by atoms with Gasteiger partial charge in [0, 0.05) is 54.6 Å². The van der Waals surface area contributed by atoms with Gasteiger partial charge < -0.3 is 15.0 Å². The monoisotopic (exact) mass is 616 g/mol. The number of anilines is 1. The number of likely N-dealkylation sites (tertiary alicyclic amines) is 1. The fraction of sp³-hybridized carbons (Fsp3) is 0.294. The number of piperidine rings is 1. The van der Waals surface area contributed by atoms with Crippen LogP contribution in [0.25, 0.3) is 22.0 Å². The minimum Gasteiger partial charge on any atom is -0.421 e. The number of amides is 2.